The van der Waals surface area contributed by atoms with Crippen molar-refractivity contribution in [1.82, 2.24) is 10.6 Å². The number of nitrogens with zero attached hydrogens (tertiary/aromatic N) is 2. The number of carbonyl (C=O) groups is 1. The van der Waals surface area contributed by atoms with Crippen molar-refractivity contribution in [2.75, 3.05) is 18.0 Å². The zero-order chi connectivity index (χ0) is 23.1. The Bertz CT molecular complexity index is 956. The van der Waals surface area contributed by atoms with Crippen LogP contribution in [0.15, 0.2) is 54.6 Å². The number of aryl methyl sites for hydroxylation is 1. The molecule has 1 amide bonds. The van der Waals surface area contributed by atoms with E-state index in [2.05, 4.69) is 33.7 Å². The Labute approximate surface area is 196 Å². The topological polar surface area (TPSA) is 88.4 Å². The van der Waals surface area contributed by atoms with Gasteiger partial charge in [0.15, 0.2) is 0 Å². The van der Waals surface area contributed by atoms with Gasteiger partial charge in [0.1, 0.15) is 0 Å². The molecule has 2 aromatic carbocycles. The molecule has 3 N–H and O–H groups in total. The van der Waals surface area contributed by atoms with E-state index in [0.29, 0.717) is 11.6 Å². The Morgan fingerprint density at radius 1 is 1.09 bits per heavy atom. The van der Waals surface area contributed by atoms with Crippen LogP contribution in [0.5, 0.6) is 0 Å². The minimum atomic E-state index is -0.931. The molecular weight excluding hydrogens is 412 g/mol. The lowest BCUT2D eigenvalue weighted by atomic mass is 9.73. The fraction of sp³-hybridized carbons (Fsp3) is 0.481. The Kier molecular flexibility index (Phi) is 7.51. The summed E-state index contributed by atoms with van der Waals surface area (Å²) in [5, 5.41) is 25.6. The summed E-state index contributed by atoms with van der Waals surface area (Å²) in [6, 6.07) is 20.8. The highest BCUT2D eigenvalue weighted by molar-refractivity contribution is 5.66. The third kappa shape index (κ3) is 5.85. The van der Waals surface area contributed by atoms with Gasteiger partial charge in [-0.1, -0.05) is 43.2 Å². The molecule has 6 heteroatoms. The molecular formula is C27H34N4O2. The van der Waals surface area contributed by atoms with Crippen molar-refractivity contribution < 1.29 is 9.90 Å². The van der Waals surface area contributed by atoms with Crippen LogP contribution in [0.4, 0.5) is 10.5 Å². The standard InChI is InChI=1S/C27H34N4O2/c28-19-22-11-13-24(14-12-22)31-18-6-9-23(20-31)29-25-10-4-5-16-27(25,30-26(32)33)17-15-21-7-2-1-3-8-21/h1-3,7-8,11-14,23,25,29-30H,4-6,9-10,15-18,20H2,(H,32,33). The van der Waals surface area contributed by atoms with Crippen LogP contribution in [0.25, 0.3) is 0 Å². The molecule has 2 aliphatic rings. The molecule has 1 aliphatic heterocycles. The van der Waals surface area contributed by atoms with Gasteiger partial charge in [-0.05, 0) is 68.4 Å². The second-order valence-corrected chi connectivity index (χ2v) is 9.48. The number of rotatable bonds is 7. The first-order valence-electron chi connectivity index (χ1n) is 12.1. The van der Waals surface area contributed by atoms with Gasteiger partial charge in [0.05, 0.1) is 17.2 Å². The first kappa shape index (κ1) is 23.1. The predicted molar refractivity (Wildman–Crippen MR) is 130 cm³/mol. The van der Waals surface area contributed by atoms with Crippen LogP contribution in [0.1, 0.15) is 56.1 Å². The van der Waals surface area contributed by atoms with E-state index in [0.717, 1.165) is 70.1 Å². The lowest BCUT2D eigenvalue weighted by Crippen LogP contribution is -2.65. The Balaban J connectivity index is 1.47. The van der Waals surface area contributed by atoms with Crippen LogP contribution in [0.3, 0.4) is 0 Å². The molecule has 2 aromatic rings. The Morgan fingerprint density at radius 2 is 1.88 bits per heavy atom. The Hall–Kier alpha value is -3.04. The highest BCUT2D eigenvalue weighted by Crippen LogP contribution is 2.34. The molecule has 1 heterocycles. The van der Waals surface area contributed by atoms with E-state index in [1.807, 2.05) is 42.5 Å². The second-order valence-electron chi connectivity index (χ2n) is 9.48. The summed E-state index contributed by atoms with van der Waals surface area (Å²) in [4.78, 5) is 14.2. The normalized spacial score (nSPS) is 25.2. The maximum absolute atomic E-state index is 11.8. The van der Waals surface area contributed by atoms with Crippen molar-refractivity contribution in [1.29, 1.82) is 5.26 Å². The highest BCUT2D eigenvalue weighted by atomic mass is 16.4. The van der Waals surface area contributed by atoms with E-state index in [-0.39, 0.29) is 6.04 Å². The van der Waals surface area contributed by atoms with Crippen molar-refractivity contribution in [3.8, 4) is 6.07 Å². The largest absolute Gasteiger partial charge is 0.465 e. The fourth-order valence-electron chi connectivity index (χ4n) is 5.60. The molecule has 3 unspecified atom stereocenters. The van der Waals surface area contributed by atoms with Crippen molar-refractivity contribution in [2.24, 2.45) is 0 Å². The van der Waals surface area contributed by atoms with Crippen molar-refractivity contribution >= 4 is 11.8 Å². The minimum Gasteiger partial charge on any atom is -0.465 e. The van der Waals surface area contributed by atoms with Gasteiger partial charge in [-0.15, -0.1) is 0 Å². The molecule has 2 fully saturated rings. The number of nitrogens with one attached hydrogen (secondary N) is 2. The van der Waals surface area contributed by atoms with Gasteiger partial charge in [0.25, 0.3) is 0 Å². The summed E-state index contributed by atoms with van der Waals surface area (Å²) in [6.45, 7) is 1.89. The van der Waals surface area contributed by atoms with Crippen molar-refractivity contribution in [3.05, 3.63) is 65.7 Å². The van der Waals surface area contributed by atoms with Crippen molar-refractivity contribution in [2.45, 2.75) is 69.0 Å². The maximum Gasteiger partial charge on any atom is 0.405 e. The van der Waals surface area contributed by atoms with E-state index >= 15 is 0 Å². The molecule has 6 nitrogen and oxygen atoms in total. The monoisotopic (exact) mass is 446 g/mol. The predicted octanol–water partition coefficient (Wildman–Crippen LogP) is 4.70. The third-order valence-electron chi connectivity index (χ3n) is 7.31. The van der Waals surface area contributed by atoms with Crippen molar-refractivity contribution in [3.63, 3.8) is 0 Å². The number of hydrogen-bond acceptors (Lipinski definition) is 4. The van der Waals surface area contributed by atoms with Crippen LogP contribution in [0, 0.1) is 11.3 Å². The zero-order valence-corrected chi connectivity index (χ0v) is 19.2. The minimum absolute atomic E-state index is 0.122. The number of carboxylic acid groups (broad SMARTS) is 1. The molecule has 4 rings (SSSR count). The van der Waals surface area contributed by atoms with Gasteiger partial charge in [-0.3, -0.25) is 0 Å². The number of piperidine rings is 1. The van der Waals surface area contributed by atoms with E-state index in [9.17, 15) is 9.90 Å². The summed E-state index contributed by atoms with van der Waals surface area (Å²) in [5.41, 5.74) is 2.62. The zero-order valence-electron chi connectivity index (χ0n) is 19.2. The lowest BCUT2D eigenvalue weighted by Gasteiger charge is -2.47. The quantitative estimate of drug-likeness (QED) is 0.574. The highest BCUT2D eigenvalue weighted by Gasteiger charge is 2.42. The van der Waals surface area contributed by atoms with Crippen LogP contribution in [-0.4, -0.2) is 41.9 Å². The SMILES string of the molecule is N#Cc1ccc(N2CCCC(NC3CCCCC3(CCc3ccccc3)NC(=O)O)C2)cc1. The number of hydrogen-bond donors (Lipinski definition) is 3. The molecule has 33 heavy (non-hydrogen) atoms. The molecule has 1 saturated heterocycles. The number of benzene rings is 2. The molecule has 174 valence electrons. The molecule has 0 bridgehead atoms. The first-order valence-corrected chi connectivity index (χ1v) is 12.1. The van der Waals surface area contributed by atoms with Gasteiger partial charge in [0.2, 0.25) is 0 Å². The first-order chi connectivity index (χ1) is 16.1. The number of nitriles is 1. The van der Waals surface area contributed by atoms with Gasteiger partial charge in [-0.2, -0.15) is 5.26 Å². The molecule has 3 atom stereocenters. The fourth-order valence-corrected chi connectivity index (χ4v) is 5.60. The molecule has 1 aliphatic carbocycles. The Morgan fingerprint density at radius 3 is 2.61 bits per heavy atom. The van der Waals surface area contributed by atoms with Crippen LogP contribution in [0.2, 0.25) is 0 Å². The maximum atomic E-state index is 11.8. The van der Waals surface area contributed by atoms with E-state index < -0.39 is 11.6 Å². The van der Waals surface area contributed by atoms with Gasteiger partial charge >= 0.3 is 6.09 Å². The summed E-state index contributed by atoms with van der Waals surface area (Å²) in [6.07, 6.45) is 6.94. The summed E-state index contributed by atoms with van der Waals surface area (Å²) in [7, 11) is 0. The molecule has 0 spiro atoms. The third-order valence-corrected chi connectivity index (χ3v) is 7.31. The van der Waals surface area contributed by atoms with E-state index in [1.165, 1.54) is 5.56 Å². The van der Waals surface area contributed by atoms with Gasteiger partial charge < -0.3 is 20.6 Å². The van der Waals surface area contributed by atoms with Gasteiger partial charge in [0, 0.05) is 30.9 Å². The van der Waals surface area contributed by atoms with Crippen LogP contribution < -0.4 is 15.5 Å². The number of anilines is 1. The lowest BCUT2D eigenvalue weighted by molar-refractivity contribution is 0.124. The average molecular weight is 447 g/mol. The van der Waals surface area contributed by atoms with Crippen LogP contribution in [-0.2, 0) is 6.42 Å². The summed E-state index contributed by atoms with van der Waals surface area (Å²) in [5.74, 6) is 0. The van der Waals surface area contributed by atoms with Crippen LogP contribution >= 0.6 is 0 Å². The molecule has 0 aromatic heterocycles. The molecule has 0 radical (unpaired) electrons. The van der Waals surface area contributed by atoms with Gasteiger partial charge in [-0.25, -0.2) is 4.79 Å². The smallest absolute Gasteiger partial charge is 0.405 e. The van der Waals surface area contributed by atoms with E-state index in [1.54, 1.807) is 0 Å². The van der Waals surface area contributed by atoms with E-state index in [4.69, 9.17) is 5.26 Å². The molecule has 1 saturated carbocycles. The summed E-state index contributed by atoms with van der Waals surface area (Å²) >= 11 is 0. The summed E-state index contributed by atoms with van der Waals surface area (Å²) < 4.78 is 0. The number of amides is 1. The second kappa shape index (κ2) is 10.7. The average Bonchev–Trinajstić information content (AvgIpc) is 2.85.